The van der Waals surface area contributed by atoms with Crippen molar-refractivity contribution in [2.45, 2.75) is 32.7 Å². The van der Waals surface area contributed by atoms with E-state index < -0.39 is 33.7 Å². The highest BCUT2D eigenvalue weighted by Gasteiger charge is 2.50. The first-order valence-corrected chi connectivity index (χ1v) is 10.4. The summed E-state index contributed by atoms with van der Waals surface area (Å²) in [6.07, 6.45) is 4.86. The zero-order valence-electron chi connectivity index (χ0n) is 16.3. The minimum atomic E-state index is -4.21. The Hall–Kier alpha value is -2.46. The second-order valence-corrected chi connectivity index (χ2v) is 8.30. The Bertz CT molecular complexity index is 751. The lowest BCUT2D eigenvalue weighted by Gasteiger charge is -2.43. The van der Waals surface area contributed by atoms with Gasteiger partial charge >= 0.3 is 12.2 Å². The summed E-state index contributed by atoms with van der Waals surface area (Å²) in [4.78, 5) is 37.4. The quantitative estimate of drug-likeness (QED) is 0.443. The van der Waals surface area contributed by atoms with Crippen molar-refractivity contribution in [2.75, 3.05) is 19.5 Å². The number of rotatable bonds is 8. The summed E-state index contributed by atoms with van der Waals surface area (Å²) in [6.45, 7) is 9.21. The molecule has 2 amide bonds. The van der Waals surface area contributed by atoms with Crippen molar-refractivity contribution in [3.8, 4) is 0 Å². The third kappa shape index (κ3) is 5.29. The minimum Gasteiger partial charge on any atom is -0.444 e. The van der Waals surface area contributed by atoms with E-state index in [9.17, 15) is 22.8 Å². The molecule has 0 spiro atoms. The van der Waals surface area contributed by atoms with Crippen LogP contribution in [-0.2, 0) is 24.3 Å². The largest absolute Gasteiger partial charge is 0.444 e. The van der Waals surface area contributed by atoms with Crippen molar-refractivity contribution in [3.05, 3.63) is 37.5 Å². The molecule has 10 heteroatoms. The van der Waals surface area contributed by atoms with Gasteiger partial charge in [0.2, 0.25) is 10.0 Å². The summed E-state index contributed by atoms with van der Waals surface area (Å²) >= 11 is 0. The third-order valence-corrected chi connectivity index (χ3v) is 5.45. The van der Waals surface area contributed by atoms with Crippen LogP contribution in [0.3, 0.4) is 0 Å². The van der Waals surface area contributed by atoms with Crippen molar-refractivity contribution in [1.82, 2.24) is 9.42 Å². The van der Waals surface area contributed by atoms with Gasteiger partial charge in [-0.3, -0.25) is 4.79 Å². The summed E-state index contributed by atoms with van der Waals surface area (Å²) in [7, 11) is -4.21. The van der Waals surface area contributed by atoms with Crippen LogP contribution in [0.1, 0.15) is 26.7 Å². The van der Waals surface area contributed by atoms with E-state index in [1.165, 1.54) is 25.2 Å². The topological polar surface area (TPSA) is 110 Å². The Morgan fingerprint density at radius 2 is 1.68 bits per heavy atom. The number of Topliss-reactive ketones (excluding diaryl/α,β-unsaturated/α-hetero) is 1. The Labute approximate surface area is 165 Å². The van der Waals surface area contributed by atoms with Crippen molar-refractivity contribution < 1.29 is 32.3 Å². The number of carbonyl (C=O) groups excluding carboxylic acids is 3. The first-order valence-electron chi connectivity index (χ1n) is 8.53. The molecule has 0 bridgehead atoms. The normalized spacial score (nSPS) is 21.6. The lowest BCUT2D eigenvalue weighted by molar-refractivity contribution is -0.130. The maximum Gasteiger partial charge on any atom is 0.435 e. The molecule has 0 saturated heterocycles. The molecular weight excluding hydrogens is 388 g/mol. The number of allylic oxidation sites excluding steroid dienone is 1. The van der Waals surface area contributed by atoms with E-state index in [1.54, 1.807) is 13.0 Å². The van der Waals surface area contributed by atoms with Gasteiger partial charge in [-0.05, 0) is 19.8 Å². The fourth-order valence-electron chi connectivity index (χ4n) is 2.77. The highest BCUT2D eigenvalue weighted by Crippen LogP contribution is 2.38. The monoisotopic (exact) mass is 414 g/mol. The molecule has 0 aliphatic heterocycles. The molecule has 2 atom stereocenters. The maximum atomic E-state index is 12.6. The lowest BCUT2D eigenvalue weighted by Crippen LogP contribution is -2.62. The number of amides is 2. The van der Waals surface area contributed by atoms with Crippen LogP contribution in [-0.4, -0.2) is 61.3 Å². The number of hydrogen-bond acceptors (Lipinski definition) is 7. The van der Waals surface area contributed by atoms with Crippen LogP contribution in [0.2, 0.25) is 0 Å². The molecule has 156 valence electrons. The molecule has 0 aromatic carbocycles. The van der Waals surface area contributed by atoms with Gasteiger partial charge in [0.1, 0.15) is 19.0 Å². The number of sulfonamides is 1. The van der Waals surface area contributed by atoms with Gasteiger partial charge in [0, 0.05) is 5.41 Å². The van der Waals surface area contributed by atoms with Gasteiger partial charge in [-0.25, -0.2) is 18.0 Å². The van der Waals surface area contributed by atoms with Crippen molar-refractivity contribution in [2.24, 2.45) is 5.41 Å². The molecule has 28 heavy (non-hydrogen) atoms. The van der Waals surface area contributed by atoms with E-state index >= 15 is 0 Å². The Balaban J connectivity index is 3.55. The van der Waals surface area contributed by atoms with Crippen LogP contribution in [0.15, 0.2) is 37.5 Å². The smallest absolute Gasteiger partial charge is 0.435 e. The van der Waals surface area contributed by atoms with E-state index in [-0.39, 0.29) is 24.0 Å². The zero-order valence-corrected chi connectivity index (χ0v) is 17.1. The number of imide groups is 1. The summed E-state index contributed by atoms with van der Waals surface area (Å²) in [5.74, 6) is -0.283. The van der Waals surface area contributed by atoms with Gasteiger partial charge in [-0.1, -0.05) is 48.8 Å². The molecule has 0 N–H and O–H groups in total. The van der Waals surface area contributed by atoms with E-state index in [2.05, 4.69) is 13.2 Å². The molecular formula is C18H26N2O7S. The predicted molar refractivity (Wildman–Crippen MR) is 103 cm³/mol. The highest BCUT2D eigenvalue weighted by molar-refractivity contribution is 7.88. The van der Waals surface area contributed by atoms with Crippen LogP contribution in [0, 0.1) is 5.41 Å². The molecule has 0 saturated carbocycles. The Kier molecular flexibility index (Phi) is 8.13. The Morgan fingerprint density at radius 3 is 2.07 bits per heavy atom. The molecule has 0 fully saturated rings. The number of hydrogen-bond donors (Lipinski definition) is 0. The molecule has 1 rings (SSSR count). The van der Waals surface area contributed by atoms with Crippen LogP contribution >= 0.6 is 0 Å². The number of hydrazine groups is 1. The van der Waals surface area contributed by atoms with Crippen LogP contribution in [0.25, 0.3) is 0 Å². The standard InChI is InChI=1S/C18H26N2O7S/c1-6-12-26-16(22)19(17(23)27-13-7-2)20(28(5,24)25)15-10-8-9-11-18(15,4)14(3)21/h6-8,10,15H,1-2,9,11-13H2,3-5H3/t15-,18+/m1/s1. The van der Waals surface area contributed by atoms with Crippen molar-refractivity contribution in [1.29, 1.82) is 0 Å². The number of ether oxygens (including phenoxy) is 2. The third-order valence-electron chi connectivity index (χ3n) is 4.38. The van der Waals surface area contributed by atoms with Crippen molar-refractivity contribution >= 4 is 28.0 Å². The minimum absolute atomic E-state index is 0.254. The van der Waals surface area contributed by atoms with Gasteiger partial charge in [0.05, 0.1) is 12.3 Å². The van der Waals surface area contributed by atoms with Gasteiger partial charge in [-0.2, -0.15) is 0 Å². The maximum absolute atomic E-state index is 12.6. The summed E-state index contributed by atoms with van der Waals surface area (Å²) < 4.78 is 35.5. The molecule has 0 heterocycles. The van der Waals surface area contributed by atoms with Crippen LogP contribution in [0.4, 0.5) is 9.59 Å². The zero-order chi connectivity index (χ0) is 21.5. The van der Waals surface area contributed by atoms with Gasteiger partial charge in [0.15, 0.2) is 0 Å². The molecule has 0 unspecified atom stereocenters. The second kappa shape index (κ2) is 9.65. The fraction of sp³-hybridized carbons (Fsp3) is 0.500. The fourth-order valence-corrected chi connectivity index (χ4v) is 3.91. The van der Waals surface area contributed by atoms with Crippen LogP contribution in [0.5, 0.6) is 0 Å². The first kappa shape index (κ1) is 23.6. The molecule has 0 radical (unpaired) electrons. The van der Waals surface area contributed by atoms with Gasteiger partial charge < -0.3 is 9.47 Å². The number of nitrogens with zero attached hydrogens (tertiary/aromatic N) is 2. The Morgan fingerprint density at radius 1 is 1.18 bits per heavy atom. The number of ketones is 1. The first-order chi connectivity index (χ1) is 13.0. The van der Waals surface area contributed by atoms with Gasteiger partial charge in [0.25, 0.3) is 0 Å². The molecule has 1 aliphatic carbocycles. The van der Waals surface area contributed by atoms with E-state index in [0.717, 1.165) is 6.26 Å². The summed E-state index contributed by atoms with van der Waals surface area (Å²) in [5, 5.41) is 0.254. The summed E-state index contributed by atoms with van der Waals surface area (Å²) in [6, 6.07) is -1.12. The van der Waals surface area contributed by atoms with Crippen molar-refractivity contribution in [3.63, 3.8) is 0 Å². The van der Waals surface area contributed by atoms with Crippen LogP contribution < -0.4 is 0 Å². The van der Waals surface area contributed by atoms with E-state index in [1.807, 2.05) is 0 Å². The molecule has 9 nitrogen and oxygen atoms in total. The lowest BCUT2D eigenvalue weighted by atomic mass is 9.72. The summed E-state index contributed by atoms with van der Waals surface area (Å²) in [5.41, 5.74) is -1.16. The number of carbonyl (C=O) groups is 3. The molecule has 0 aromatic heterocycles. The SMILES string of the molecule is C=CCOC(=O)N(C(=O)OCC=C)N([C@@H]1C=CCC[C@@]1(C)C(C)=O)S(C)(=O)=O. The molecule has 1 aliphatic rings. The average molecular weight is 414 g/mol. The average Bonchev–Trinajstić information content (AvgIpc) is 2.61. The van der Waals surface area contributed by atoms with E-state index in [4.69, 9.17) is 9.47 Å². The second-order valence-electron chi connectivity index (χ2n) is 6.46. The molecule has 0 aromatic rings. The van der Waals surface area contributed by atoms with Gasteiger partial charge in [-0.15, -0.1) is 5.01 Å². The van der Waals surface area contributed by atoms with E-state index in [0.29, 0.717) is 17.3 Å². The predicted octanol–water partition coefficient (Wildman–Crippen LogP) is 2.42. The highest BCUT2D eigenvalue weighted by atomic mass is 32.2.